The third-order valence-corrected chi connectivity index (χ3v) is 4.46. The molecule has 2 rings (SSSR count). The molecule has 0 saturated carbocycles. The minimum atomic E-state index is -0.887. The number of nitrogens with zero attached hydrogens (tertiary/aromatic N) is 1. The van der Waals surface area contributed by atoms with E-state index in [9.17, 15) is 4.79 Å². The summed E-state index contributed by atoms with van der Waals surface area (Å²) in [5.41, 5.74) is 1.21. The minimum absolute atomic E-state index is 0.333. The van der Waals surface area contributed by atoms with Crippen LogP contribution in [0.25, 0.3) is 10.6 Å². The second-order valence-corrected chi connectivity index (χ2v) is 5.78. The summed E-state index contributed by atoms with van der Waals surface area (Å²) in [4.78, 5) is 16.1. The van der Waals surface area contributed by atoms with Gasteiger partial charge in [-0.2, -0.15) is 11.8 Å². The molecule has 0 aromatic carbocycles. The zero-order valence-corrected chi connectivity index (χ0v) is 10.9. The predicted octanol–water partition coefficient (Wildman–Crippen LogP) is 3.43. The van der Waals surface area contributed by atoms with E-state index in [1.165, 1.54) is 11.3 Å². The Morgan fingerprint density at radius 3 is 2.94 bits per heavy atom. The van der Waals surface area contributed by atoms with Gasteiger partial charge in [0.15, 0.2) is 0 Å². The second-order valence-electron chi connectivity index (χ2n) is 3.06. The van der Waals surface area contributed by atoms with Gasteiger partial charge in [-0.15, -0.1) is 22.7 Å². The lowest BCUT2D eigenvalue weighted by Gasteiger charge is -1.89. The fourth-order valence-electron chi connectivity index (χ4n) is 1.20. The van der Waals surface area contributed by atoms with E-state index in [1.807, 2.05) is 11.6 Å². The molecule has 0 aliphatic carbocycles. The highest BCUT2D eigenvalue weighted by molar-refractivity contribution is 7.97. The molecule has 2 heterocycles. The largest absolute Gasteiger partial charge is 0.478 e. The lowest BCUT2D eigenvalue weighted by atomic mass is 10.3. The molecule has 2 aromatic rings. The van der Waals surface area contributed by atoms with Gasteiger partial charge < -0.3 is 5.11 Å². The molecule has 0 radical (unpaired) electrons. The molecule has 0 fully saturated rings. The summed E-state index contributed by atoms with van der Waals surface area (Å²) < 4.78 is 0. The number of carbonyl (C=O) groups is 1. The quantitative estimate of drug-likeness (QED) is 0.925. The maximum atomic E-state index is 10.7. The molecule has 1 N–H and O–H groups in total. The van der Waals surface area contributed by atoms with Gasteiger partial charge in [-0.25, -0.2) is 9.78 Å². The lowest BCUT2D eigenvalue weighted by Crippen LogP contribution is -1.91. The zero-order chi connectivity index (χ0) is 11.5. The van der Waals surface area contributed by atoms with E-state index in [2.05, 4.69) is 4.98 Å². The van der Waals surface area contributed by atoms with E-state index in [-0.39, 0.29) is 0 Å². The summed E-state index contributed by atoms with van der Waals surface area (Å²) in [6.07, 6.45) is 2.04. The fraction of sp³-hybridized carbons (Fsp3) is 0.200. The summed E-state index contributed by atoms with van der Waals surface area (Å²) in [6.45, 7) is 0. The van der Waals surface area contributed by atoms with Gasteiger partial charge in [0.1, 0.15) is 5.01 Å². The summed E-state index contributed by atoms with van der Waals surface area (Å²) in [7, 11) is 0. The third-order valence-electron chi connectivity index (χ3n) is 1.92. The Hall–Kier alpha value is -0.850. The first kappa shape index (κ1) is 11.6. The molecule has 16 heavy (non-hydrogen) atoms. The summed E-state index contributed by atoms with van der Waals surface area (Å²) in [5, 5.41) is 13.5. The van der Waals surface area contributed by atoms with Crippen molar-refractivity contribution in [1.29, 1.82) is 0 Å². The van der Waals surface area contributed by atoms with Crippen LogP contribution in [0.3, 0.4) is 0 Å². The van der Waals surface area contributed by atoms with Crippen LogP contribution in [0, 0.1) is 0 Å². The van der Waals surface area contributed by atoms with Crippen molar-refractivity contribution in [2.75, 3.05) is 6.26 Å². The number of thiazole rings is 1. The first-order valence-electron chi connectivity index (χ1n) is 4.46. The first-order valence-corrected chi connectivity index (χ1v) is 7.61. The smallest absolute Gasteiger partial charge is 0.336 e. The molecule has 0 spiro atoms. The minimum Gasteiger partial charge on any atom is -0.478 e. The number of hydrogen-bond acceptors (Lipinski definition) is 5. The normalized spacial score (nSPS) is 10.6. The molecule has 0 saturated heterocycles. The standard InChI is InChI=1S/C10H9NO2S3/c1-14-5-9-11-7(4-16-9)8-2-6(3-15-8)10(12)13/h2-4H,5H2,1H3,(H,12,13). The molecule has 0 aliphatic rings. The Morgan fingerprint density at radius 1 is 1.50 bits per heavy atom. The summed E-state index contributed by atoms with van der Waals surface area (Å²) in [6, 6.07) is 1.67. The number of thiophene rings is 1. The summed E-state index contributed by atoms with van der Waals surface area (Å²) >= 11 is 4.76. The van der Waals surface area contributed by atoms with Crippen LogP contribution in [0.15, 0.2) is 16.8 Å². The maximum absolute atomic E-state index is 10.7. The van der Waals surface area contributed by atoms with E-state index < -0.39 is 5.97 Å². The molecule has 6 heteroatoms. The number of carboxylic acid groups (broad SMARTS) is 1. The average molecular weight is 271 g/mol. The molecule has 0 atom stereocenters. The van der Waals surface area contributed by atoms with Crippen LogP contribution in [-0.4, -0.2) is 22.3 Å². The Labute approximate surface area is 105 Å². The third kappa shape index (κ3) is 2.45. The monoisotopic (exact) mass is 271 g/mol. The Balaban J connectivity index is 2.24. The number of rotatable bonds is 4. The molecule has 84 valence electrons. The van der Waals surface area contributed by atoms with Gasteiger partial charge in [0.05, 0.1) is 16.1 Å². The fourth-order valence-corrected chi connectivity index (χ4v) is 3.63. The highest BCUT2D eigenvalue weighted by Gasteiger charge is 2.10. The number of aromatic carboxylic acids is 1. The van der Waals surface area contributed by atoms with Crippen LogP contribution in [0.2, 0.25) is 0 Å². The van der Waals surface area contributed by atoms with Crippen LogP contribution < -0.4 is 0 Å². The summed E-state index contributed by atoms with van der Waals surface area (Å²) in [5.74, 6) is 0.0176. The highest BCUT2D eigenvalue weighted by Crippen LogP contribution is 2.29. The number of thioether (sulfide) groups is 1. The van der Waals surface area contributed by atoms with Crippen LogP contribution in [-0.2, 0) is 5.75 Å². The first-order chi connectivity index (χ1) is 7.70. The van der Waals surface area contributed by atoms with Crippen molar-refractivity contribution in [2.45, 2.75) is 5.75 Å². The molecule has 0 amide bonds. The van der Waals surface area contributed by atoms with Crippen LogP contribution >= 0.6 is 34.4 Å². The number of hydrogen-bond donors (Lipinski definition) is 1. The van der Waals surface area contributed by atoms with E-state index in [0.717, 1.165) is 21.3 Å². The molecule has 0 unspecified atom stereocenters. The van der Waals surface area contributed by atoms with Gasteiger partial charge in [0, 0.05) is 16.5 Å². The maximum Gasteiger partial charge on any atom is 0.336 e. The van der Waals surface area contributed by atoms with Crippen molar-refractivity contribution in [2.24, 2.45) is 0 Å². The van der Waals surface area contributed by atoms with E-state index >= 15 is 0 Å². The van der Waals surface area contributed by atoms with Gasteiger partial charge in [0.25, 0.3) is 0 Å². The Bertz CT molecular complexity index is 504. The van der Waals surface area contributed by atoms with Crippen molar-refractivity contribution in [3.63, 3.8) is 0 Å². The van der Waals surface area contributed by atoms with E-state index in [1.54, 1.807) is 34.5 Å². The zero-order valence-electron chi connectivity index (χ0n) is 8.47. The molecule has 0 bridgehead atoms. The molecule has 3 nitrogen and oxygen atoms in total. The van der Waals surface area contributed by atoms with Gasteiger partial charge in [-0.05, 0) is 12.3 Å². The Morgan fingerprint density at radius 2 is 2.31 bits per heavy atom. The van der Waals surface area contributed by atoms with Crippen molar-refractivity contribution < 1.29 is 9.90 Å². The topological polar surface area (TPSA) is 50.2 Å². The predicted molar refractivity (Wildman–Crippen MR) is 69.6 cm³/mol. The molecule has 2 aromatic heterocycles. The number of aromatic nitrogens is 1. The molecular formula is C10H9NO2S3. The lowest BCUT2D eigenvalue weighted by molar-refractivity contribution is 0.0697. The van der Waals surface area contributed by atoms with Crippen LogP contribution in [0.4, 0.5) is 0 Å². The highest BCUT2D eigenvalue weighted by atomic mass is 32.2. The van der Waals surface area contributed by atoms with Crippen molar-refractivity contribution in [1.82, 2.24) is 4.98 Å². The number of carboxylic acids is 1. The van der Waals surface area contributed by atoms with E-state index in [0.29, 0.717) is 5.56 Å². The van der Waals surface area contributed by atoms with Gasteiger partial charge in [0.2, 0.25) is 0 Å². The van der Waals surface area contributed by atoms with Crippen molar-refractivity contribution in [3.05, 3.63) is 27.4 Å². The Kier molecular flexibility index (Phi) is 3.63. The van der Waals surface area contributed by atoms with Gasteiger partial charge in [-0.1, -0.05) is 0 Å². The average Bonchev–Trinajstić information content (AvgIpc) is 2.84. The second kappa shape index (κ2) is 4.99. The van der Waals surface area contributed by atoms with Crippen molar-refractivity contribution in [3.8, 4) is 10.6 Å². The molecular weight excluding hydrogens is 262 g/mol. The van der Waals surface area contributed by atoms with Gasteiger partial charge in [-0.3, -0.25) is 0 Å². The SMILES string of the molecule is CSCc1nc(-c2cc(C(=O)O)cs2)cs1. The van der Waals surface area contributed by atoms with Crippen LogP contribution in [0.5, 0.6) is 0 Å². The molecule has 0 aliphatic heterocycles. The van der Waals surface area contributed by atoms with E-state index in [4.69, 9.17) is 5.11 Å². The van der Waals surface area contributed by atoms with Crippen LogP contribution in [0.1, 0.15) is 15.4 Å². The van der Waals surface area contributed by atoms with Gasteiger partial charge >= 0.3 is 5.97 Å². The van der Waals surface area contributed by atoms with Crippen molar-refractivity contribution >= 4 is 40.4 Å².